The van der Waals surface area contributed by atoms with Crippen LogP contribution < -0.4 is 0 Å². The molecule has 0 radical (unpaired) electrons. The Kier molecular flexibility index (Phi) is 1.63. The Bertz CT molecular complexity index is 556. The van der Waals surface area contributed by atoms with Crippen LogP contribution in [0.4, 0.5) is 5.69 Å². The smallest absolute Gasteiger partial charge is 0.208 e. The summed E-state index contributed by atoms with van der Waals surface area (Å²) in [6.45, 7) is 8.39. The SMILES string of the molecule is [2H]c1c([2H])c(C#N)c([N+]#[C-])c(C)c1C#N. The Hall–Kier alpha value is -2.31. The van der Waals surface area contributed by atoms with Crippen LogP contribution in [0.1, 0.15) is 19.4 Å². The van der Waals surface area contributed by atoms with Crippen LogP contribution in [0, 0.1) is 36.2 Å². The van der Waals surface area contributed by atoms with Gasteiger partial charge in [-0.05, 0) is 18.5 Å². The Morgan fingerprint density at radius 3 is 2.38 bits per heavy atom. The standard InChI is InChI=1S/C10H5N3/c1-7-8(5-11)3-4-9(6-12)10(7)13-2/h3-4H,1H3/i3D,4D. The normalized spacial score (nSPS) is 10.3. The highest BCUT2D eigenvalue weighted by atomic mass is 14.7. The Labute approximate surface area is 79.1 Å². The molecule has 0 aliphatic heterocycles. The molecular weight excluding hydrogens is 162 g/mol. The first kappa shape index (κ1) is 6.23. The molecule has 1 aromatic rings. The second-order valence-electron chi connectivity index (χ2n) is 2.31. The van der Waals surface area contributed by atoms with Crippen LogP contribution in [0.25, 0.3) is 4.85 Å². The topological polar surface area (TPSA) is 51.9 Å². The molecule has 0 aliphatic carbocycles. The predicted molar refractivity (Wildman–Crippen MR) is 46.9 cm³/mol. The van der Waals surface area contributed by atoms with E-state index in [0.29, 0.717) is 5.56 Å². The predicted octanol–water partition coefficient (Wildman–Crippen LogP) is 2.29. The lowest BCUT2D eigenvalue weighted by Gasteiger charge is -2.00. The van der Waals surface area contributed by atoms with Crippen LogP contribution in [0.15, 0.2) is 12.1 Å². The van der Waals surface area contributed by atoms with Crippen LogP contribution in [0.3, 0.4) is 0 Å². The molecule has 3 nitrogen and oxygen atoms in total. The van der Waals surface area contributed by atoms with Crippen molar-refractivity contribution in [3.63, 3.8) is 0 Å². The van der Waals surface area contributed by atoms with Crippen molar-refractivity contribution in [2.75, 3.05) is 0 Å². The summed E-state index contributed by atoms with van der Waals surface area (Å²) >= 11 is 0. The van der Waals surface area contributed by atoms with Crippen molar-refractivity contribution in [2.24, 2.45) is 0 Å². The first-order valence-corrected chi connectivity index (χ1v) is 3.39. The van der Waals surface area contributed by atoms with Gasteiger partial charge in [0.1, 0.15) is 0 Å². The van der Waals surface area contributed by atoms with Gasteiger partial charge in [0, 0.05) is 5.56 Å². The largest absolute Gasteiger partial charge is 0.236 e. The maximum atomic E-state index is 8.77. The third-order valence-corrected chi connectivity index (χ3v) is 1.61. The van der Waals surface area contributed by atoms with Crippen LogP contribution in [0.5, 0.6) is 0 Å². The molecule has 0 aromatic heterocycles. The van der Waals surface area contributed by atoms with Gasteiger partial charge in [0.05, 0.1) is 27.0 Å². The number of nitriles is 2. The van der Waals surface area contributed by atoms with Crippen LogP contribution in [-0.4, -0.2) is 0 Å². The maximum absolute atomic E-state index is 8.77. The highest BCUT2D eigenvalue weighted by Crippen LogP contribution is 2.25. The van der Waals surface area contributed by atoms with E-state index in [9.17, 15) is 0 Å². The third kappa shape index (κ3) is 1.34. The fourth-order valence-electron chi connectivity index (χ4n) is 0.916. The molecular formula is C10H5N3. The summed E-state index contributed by atoms with van der Waals surface area (Å²) in [4.78, 5) is 3.12. The van der Waals surface area contributed by atoms with Crippen molar-refractivity contribution >= 4 is 5.69 Å². The zero-order chi connectivity index (χ0) is 11.6. The Morgan fingerprint density at radius 1 is 1.38 bits per heavy atom. The van der Waals surface area contributed by atoms with E-state index in [0.717, 1.165) is 0 Å². The van der Waals surface area contributed by atoms with Crippen molar-refractivity contribution in [2.45, 2.75) is 6.92 Å². The molecule has 0 saturated heterocycles. The van der Waals surface area contributed by atoms with E-state index in [1.54, 1.807) is 12.1 Å². The number of hydrogen-bond donors (Lipinski definition) is 0. The zero-order valence-corrected chi connectivity index (χ0v) is 6.84. The van der Waals surface area contributed by atoms with E-state index >= 15 is 0 Å². The first-order valence-electron chi connectivity index (χ1n) is 4.39. The van der Waals surface area contributed by atoms with Crippen LogP contribution in [-0.2, 0) is 0 Å². The summed E-state index contributed by atoms with van der Waals surface area (Å²) in [6.07, 6.45) is 0. The van der Waals surface area contributed by atoms with Crippen molar-refractivity contribution in [1.82, 2.24) is 0 Å². The minimum absolute atomic E-state index is 0.00458. The molecule has 0 N–H and O–H groups in total. The van der Waals surface area contributed by atoms with Crippen molar-refractivity contribution in [3.8, 4) is 12.1 Å². The average molecular weight is 169 g/mol. The fraction of sp³-hybridized carbons (Fsp3) is 0.100. The first-order chi connectivity index (χ1) is 7.08. The molecule has 0 atom stereocenters. The molecule has 0 fully saturated rings. The molecule has 3 heteroatoms. The van der Waals surface area contributed by atoms with Gasteiger partial charge < -0.3 is 0 Å². The average Bonchev–Trinajstić information content (AvgIpc) is 2.23. The monoisotopic (exact) mass is 169 g/mol. The highest BCUT2D eigenvalue weighted by Gasteiger charge is 2.08. The van der Waals surface area contributed by atoms with Gasteiger partial charge in [-0.1, -0.05) is 6.04 Å². The van der Waals surface area contributed by atoms with Crippen LogP contribution >= 0.6 is 0 Å². The van der Waals surface area contributed by atoms with E-state index in [4.69, 9.17) is 19.8 Å². The lowest BCUT2D eigenvalue weighted by atomic mass is 10.0. The minimum atomic E-state index is -0.356. The maximum Gasteiger partial charge on any atom is 0.208 e. The zero-order valence-electron chi connectivity index (χ0n) is 8.84. The lowest BCUT2D eigenvalue weighted by Crippen LogP contribution is -1.85. The molecule has 13 heavy (non-hydrogen) atoms. The molecule has 60 valence electrons. The number of rotatable bonds is 0. The van der Waals surface area contributed by atoms with Crippen LogP contribution in [0.2, 0.25) is 0 Å². The molecule has 0 spiro atoms. The molecule has 1 aromatic carbocycles. The summed E-state index contributed by atoms with van der Waals surface area (Å²) in [7, 11) is 0. The summed E-state index contributed by atoms with van der Waals surface area (Å²) in [5, 5.41) is 17.5. The molecule has 0 unspecified atom stereocenters. The summed E-state index contributed by atoms with van der Waals surface area (Å²) < 4.78 is 15.0. The molecule has 0 heterocycles. The quantitative estimate of drug-likeness (QED) is 0.559. The fourth-order valence-corrected chi connectivity index (χ4v) is 0.916. The molecule has 0 bridgehead atoms. The Balaban J connectivity index is 3.88. The van der Waals surface area contributed by atoms with Gasteiger partial charge in [-0.3, -0.25) is 0 Å². The van der Waals surface area contributed by atoms with Crippen molar-refractivity contribution in [1.29, 1.82) is 10.5 Å². The lowest BCUT2D eigenvalue weighted by molar-refractivity contribution is 1.38. The van der Waals surface area contributed by atoms with Gasteiger partial charge in [0.25, 0.3) is 0 Å². The van der Waals surface area contributed by atoms with Gasteiger partial charge in [-0.25, -0.2) is 4.85 Å². The number of hydrogen-bond acceptors (Lipinski definition) is 2. The molecule has 1 rings (SSSR count). The van der Waals surface area contributed by atoms with Crippen molar-refractivity contribution in [3.05, 3.63) is 40.2 Å². The third-order valence-electron chi connectivity index (χ3n) is 1.61. The summed E-state index contributed by atoms with van der Waals surface area (Å²) in [5.41, 5.74) is 0.150. The second-order valence-corrected chi connectivity index (χ2v) is 2.31. The van der Waals surface area contributed by atoms with E-state index in [1.165, 1.54) is 6.92 Å². The second kappa shape index (κ2) is 3.39. The Morgan fingerprint density at radius 2 is 1.92 bits per heavy atom. The molecule has 0 amide bonds. The van der Waals surface area contributed by atoms with Gasteiger partial charge >= 0.3 is 0 Å². The van der Waals surface area contributed by atoms with Gasteiger partial charge in [-0.15, -0.1) is 0 Å². The highest BCUT2D eigenvalue weighted by molar-refractivity contribution is 5.67. The molecule has 0 saturated carbocycles. The van der Waals surface area contributed by atoms with E-state index in [-0.39, 0.29) is 28.9 Å². The van der Waals surface area contributed by atoms with E-state index in [1.807, 2.05) is 0 Å². The minimum Gasteiger partial charge on any atom is -0.236 e. The molecule has 0 aliphatic rings. The van der Waals surface area contributed by atoms with Crippen molar-refractivity contribution < 1.29 is 2.74 Å². The van der Waals surface area contributed by atoms with E-state index < -0.39 is 0 Å². The summed E-state index contributed by atoms with van der Waals surface area (Å²) in [6, 6.07) is 2.84. The van der Waals surface area contributed by atoms with Gasteiger partial charge in [0.15, 0.2) is 0 Å². The van der Waals surface area contributed by atoms with Gasteiger partial charge in [0.2, 0.25) is 5.69 Å². The van der Waals surface area contributed by atoms with E-state index in [2.05, 4.69) is 4.85 Å². The number of benzene rings is 1. The van der Waals surface area contributed by atoms with Gasteiger partial charge in [-0.2, -0.15) is 10.5 Å². The summed E-state index contributed by atoms with van der Waals surface area (Å²) in [5.74, 6) is 0. The number of nitrogens with zero attached hydrogens (tertiary/aromatic N) is 3.